The van der Waals surface area contributed by atoms with Crippen LogP contribution in [0.4, 0.5) is 0 Å². The Balaban J connectivity index is 1.79. The molecule has 0 unspecified atom stereocenters. The zero-order chi connectivity index (χ0) is 14.6. The van der Waals surface area contributed by atoms with Crippen LogP contribution >= 0.6 is 0 Å². The number of hydrogen-bond acceptors (Lipinski definition) is 5. The zero-order valence-corrected chi connectivity index (χ0v) is 12.3. The molecule has 0 atom stereocenters. The van der Waals surface area contributed by atoms with E-state index in [9.17, 15) is 4.79 Å². The van der Waals surface area contributed by atoms with E-state index in [1.807, 2.05) is 0 Å². The van der Waals surface area contributed by atoms with Crippen LogP contribution < -0.4 is 5.32 Å². The van der Waals surface area contributed by atoms with Gasteiger partial charge >= 0.3 is 0 Å². The summed E-state index contributed by atoms with van der Waals surface area (Å²) in [5.41, 5.74) is 1.13. The molecule has 0 aromatic carbocycles. The molecule has 2 rings (SSSR count). The SMILES string of the molecule is Cc1ncncc1C(=O)NCCN1CCOC(C)(C)C1. The second-order valence-electron chi connectivity index (χ2n) is 5.66. The number of hydrogen-bond donors (Lipinski definition) is 1. The van der Waals surface area contributed by atoms with Crippen LogP contribution in [0.25, 0.3) is 0 Å². The Morgan fingerprint density at radius 1 is 1.55 bits per heavy atom. The molecule has 1 aliphatic heterocycles. The summed E-state index contributed by atoms with van der Waals surface area (Å²) in [4.78, 5) is 22.2. The molecule has 0 aliphatic carbocycles. The number of nitrogens with zero attached hydrogens (tertiary/aromatic N) is 3. The van der Waals surface area contributed by atoms with Crippen molar-refractivity contribution in [1.29, 1.82) is 0 Å². The second kappa shape index (κ2) is 6.28. The standard InChI is InChI=1S/C14H22N4O2/c1-11-12(8-15-10-17-11)13(19)16-4-5-18-6-7-20-14(2,3)9-18/h8,10H,4-7,9H2,1-3H3,(H,16,19). The Morgan fingerprint density at radius 3 is 3.05 bits per heavy atom. The monoisotopic (exact) mass is 278 g/mol. The molecule has 1 saturated heterocycles. The fraction of sp³-hybridized carbons (Fsp3) is 0.643. The first-order chi connectivity index (χ1) is 9.48. The van der Waals surface area contributed by atoms with Crippen molar-refractivity contribution in [1.82, 2.24) is 20.2 Å². The highest BCUT2D eigenvalue weighted by molar-refractivity contribution is 5.94. The first-order valence-corrected chi connectivity index (χ1v) is 6.89. The average Bonchev–Trinajstić information content (AvgIpc) is 2.38. The van der Waals surface area contributed by atoms with Gasteiger partial charge in [0.25, 0.3) is 5.91 Å². The molecule has 1 N–H and O–H groups in total. The van der Waals surface area contributed by atoms with E-state index in [2.05, 4.69) is 34.0 Å². The maximum Gasteiger partial charge on any atom is 0.254 e. The molecule has 2 heterocycles. The molecule has 1 aromatic rings. The van der Waals surface area contributed by atoms with E-state index in [1.54, 1.807) is 13.1 Å². The van der Waals surface area contributed by atoms with Crippen molar-refractivity contribution in [2.75, 3.05) is 32.8 Å². The molecule has 1 aliphatic rings. The van der Waals surface area contributed by atoms with Crippen LogP contribution in [0, 0.1) is 6.92 Å². The van der Waals surface area contributed by atoms with E-state index in [0.717, 1.165) is 26.2 Å². The van der Waals surface area contributed by atoms with Crippen molar-refractivity contribution in [2.24, 2.45) is 0 Å². The van der Waals surface area contributed by atoms with Crippen LogP contribution in [-0.2, 0) is 4.74 Å². The lowest BCUT2D eigenvalue weighted by Gasteiger charge is -2.38. The van der Waals surface area contributed by atoms with Crippen molar-refractivity contribution >= 4 is 5.91 Å². The summed E-state index contributed by atoms with van der Waals surface area (Å²) in [6, 6.07) is 0. The summed E-state index contributed by atoms with van der Waals surface area (Å²) >= 11 is 0. The maximum atomic E-state index is 12.0. The van der Waals surface area contributed by atoms with E-state index in [0.29, 0.717) is 17.8 Å². The van der Waals surface area contributed by atoms with Gasteiger partial charge in [0.2, 0.25) is 0 Å². The summed E-state index contributed by atoms with van der Waals surface area (Å²) in [7, 11) is 0. The Bertz CT molecular complexity index is 476. The number of morpholine rings is 1. The zero-order valence-electron chi connectivity index (χ0n) is 12.3. The van der Waals surface area contributed by atoms with E-state index < -0.39 is 0 Å². The van der Waals surface area contributed by atoms with Gasteiger partial charge in [-0.3, -0.25) is 9.69 Å². The Labute approximate surface area is 119 Å². The molecule has 0 bridgehead atoms. The molecule has 110 valence electrons. The van der Waals surface area contributed by atoms with Crippen LogP contribution in [-0.4, -0.2) is 59.2 Å². The van der Waals surface area contributed by atoms with Gasteiger partial charge in [-0.2, -0.15) is 0 Å². The minimum atomic E-state index is -0.115. The summed E-state index contributed by atoms with van der Waals surface area (Å²) in [5, 5.41) is 2.91. The molecule has 0 spiro atoms. The lowest BCUT2D eigenvalue weighted by molar-refractivity contribution is -0.0853. The number of aromatic nitrogens is 2. The number of aryl methyl sites for hydroxylation is 1. The van der Waals surface area contributed by atoms with E-state index in [1.165, 1.54) is 6.33 Å². The highest BCUT2D eigenvalue weighted by Crippen LogP contribution is 2.15. The average molecular weight is 278 g/mol. The minimum Gasteiger partial charge on any atom is -0.373 e. The highest BCUT2D eigenvalue weighted by atomic mass is 16.5. The highest BCUT2D eigenvalue weighted by Gasteiger charge is 2.26. The first kappa shape index (κ1) is 14.9. The van der Waals surface area contributed by atoms with Crippen molar-refractivity contribution in [3.05, 3.63) is 23.8 Å². The fourth-order valence-corrected chi connectivity index (χ4v) is 2.34. The number of carbonyl (C=O) groups excluding carboxylic acids is 1. The third-order valence-electron chi connectivity index (χ3n) is 3.37. The Morgan fingerprint density at radius 2 is 2.35 bits per heavy atom. The second-order valence-corrected chi connectivity index (χ2v) is 5.66. The number of ether oxygens (including phenoxy) is 1. The minimum absolute atomic E-state index is 0.105. The molecule has 6 nitrogen and oxygen atoms in total. The van der Waals surface area contributed by atoms with Gasteiger partial charge in [0.15, 0.2) is 0 Å². The molecular weight excluding hydrogens is 256 g/mol. The van der Waals surface area contributed by atoms with Crippen molar-refractivity contribution in [2.45, 2.75) is 26.4 Å². The van der Waals surface area contributed by atoms with Gasteiger partial charge in [-0.05, 0) is 20.8 Å². The largest absolute Gasteiger partial charge is 0.373 e. The van der Waals surface area contributed by atoms with Gasteiger partial charge in [0, 0.05) is 32.4 Å². The number of carbonyl (C=O) groups is 1. The van der Waals surface area contributed by atoms with Gasteiger partial charge in [-0.1, -0.05) is 0 Å². The lowest BCUT2D eigenvalue weighted by Crippen LogP contribution is -2.50. The normalized spacial score (nSPS) is 18.8. The molecule has 0 radical (unpaired) electrons. The molecule has 0 saturated carbocycles. The van der Waals surface area contributed by atoms with Crippen LogP contribution in [0.5, 0.6) is 0 Å². The molecule has 6 heteroatoms. The summed E-state index contributed by atoms with van der Waals surface area (Å²) in [6.07, 6.45) is 3.00. The first-order valence-electron chi connectivity index (χ1n) is 6.89. The quantitative estimate of drug-likeness (QED) is 0.875. The lowest BCUT2D eigenvalue weighted by atomic mass is 10.1. The molecule has 1 aromatic heterocycles. The van der Waals surface area contributed by atoms with Gasteiger partial charge < -0.3 is 10.1 Å². The molecule has 1 amide bonds. The van der Waals surface area contributed by atoms with Gasteiger partial charge in [-0.15, -0.1) is 0 Å². The van der Waals surface area contributed by atoms with E-state index in [-0.39, 0.29) is 11.5 Å². The topological polar surface area (TPSA) is 67.4 Å². The van der Waals surface area contributed by atoms with Crippen molar-refractivity contribution in [3.8, 4) is 0 Å². The molecular formula is C14H22N4O2. The number of nitrogens with one attached hydrogen (secondary N) is 1. The van der Waals surface area contributed by atoms with Gasteiger partial charge in [-0.25, -0.2) is 9.97 Å². The fourth-order valence-electron chi connectivity index (χ4n) is 2.34. The van der Waals surface area contributed by atoms with Crippen molar-refractivity contribution < 1.29 is 9.53 Å². The van der Waals surface area contributed by atoms with Crippen LogP contribution in [0.3, 0.4) is 0 Å². The maximum absolute atomic E-state index is 12.0. The van der Waals surface area contributed by atoms with Crippen LogP contribution in [0.2, 0.25) is 0 Å². The molecule has 20 heavy (non-hydrogen) atoms. The van der Waals surface area contributed by atoms with Crippen LogP contribution in [0.1, 0.15) is 29.9 Å². The predicted octanol–water partition coefficient (Wildman–Crippen LogP) is 0.626. The van der Waals surface area contributed by atoms with Crippen molar-refractivity contribution in [3.63, 3.8) is 0 Å². The Kier molecular flexibility index (Phi) is 4.67. The third kappa shape index (κ3) is 3.98. The smallest absolute Gasteiger partial charge is 0.254 e. The van der Waals surface area contributed by atoms with E-state index >= 15 is 0 Å². The summed E-state index contributed by atoms with van der Waals surface area (Å²) in [5.74, 6) is -0.115. The predicted molar refractivity (Wildman–Crippen MR) is 75.6 cm³/mol. The summed E-state index contributed by atoms with van der Waals surface area (Å²) in [6.45, 7) is 9.95. The number of rotatable bonds is 4. The van der Waals surface area contributed by atoms with E-state index in [4.69, 9.17) is 4.74 Å². The number of amides is 1. The van der Waals surface area contributed by atoms with Crippen LogP contribution in [0.15, 0.2) is 12.5 Å². The van der Waals surface area contributed by atoms with Gasteiger partial charge in [0.05, 0.1) is 23.5 Å². The summed E-state index contributed by atoms with van der Waals surface area (Å²) < 4.78 is 5.66. The Hall–Kier alpha value is -1.53. The third-order valence-corrected chi connectivity index (χ3v) is 3.37. The molecule has 1 fully saturated rings. The van der Waals surface area contributed by atoms with Gasteiger partial charge in [0.1, 0.15) is 6.33 Å².